The highest BCUT2D eigenvalue weighted by Crippen LogP contribution is 2.11. The third-order valence-electron chi connectivity index (χ3n) is 2.02. The van der Waals surface area contributed by atoms with Crippen molar-refractivity contribution in [3.63, 3.8) is 0 Å². The van der Waals surface area contributed by atoms with Gasteiger partial charge >= 0.3 is 5.97 Å². The van der Waals surface area contributed by atoms with E-state index in [0.717, 1.165) is 0 Å². The Morgan fingerprint density at radius 2 is 2.38 bits per heavy atom. The predicted octanol–water partition coefficient (Wildman–Crippen LogP) is 0.494. The summed E-state index contributed by atoms with van der Waals surface area (Å²) >= 11 is 0. The Labute approximate surface area is 93.1 Å². The number of carboxylic acid groups (broad SMARTS) is 1. The number of rotatable bonds is 4. The van der Waals surface area contributed by atoms with Crippen LogP contribution in [0.5, 0.6) is 0 Å². The van der Waals surface area contributed by atoms with Crippen molar-refractivity contribution in [2.24, 2.45) is 0 Å². The van der Waals surface area contributed by atoms with Crippen LogP contribution in [-0.4, -0.2) is 33.8 Å². The summed E-state index contributed by atoms with van der Waals surface area (Å²) in [5.41, 5.74) is 0.540. The summed E-state index contributed by atoms with van der Waals surface area (Å²) in [5, 5.41) is 20.5. The zero-order chi connectivity index (χ0) is 12.1. The van der Waals surface area contributed by atoms with Crippen LogP contribution in [0.1, 0.15) is 16.1 Å². The van der Waals surface area contributed by atoms with Crippen LogP contribution in [-0.2, 0) is 0 Å². The average molecular weight is 220 g/mol. The van der Waals surface area contributed by atoms with Crippen molar-refractivity contribution in [2.75, 3.05) is 11.9 Å². The van der Waals surface area contributed by atoms with Gasteiger partial charge in [0.1, 0.15) is 11.9 Å². The van der Waals surface area contributed by atoms with Gasteiger partial charge in [0.25, 0.3) is 0 Å². The highest BCUT2D eigenvalue weighted by atomic mass is 16.4. The van der Waals surface area contributed by atoms with E-state index in [4.69, 9.17) is 16.6 Å². The number of nitrogens with zero attached hydrogens (tertiary/aromatic N) is 1. The molecule has 0 fully saturated rings. The molecule has 0 aliphatic carbocycles. The second kappa shape index (κ2) is 5.14. The topological polar surface area (TPSA) is 82.5 Å². The third-order valence-corrected chi connectivity index (χ3v) is 2.02. The van der Waals surface area contributed by atoms with Gasteiger partial charge in [0.05, 0.1) is 17.9 Å². The van der Waals surface area contributed by atoms with Gasteiger partial charge in [-0.3, -0.25) is 0 Å². The van der Waals surface area contributed by atoms with Gasteiger partial charge in [0.2, 0.25) is 0 Å². The highest BCUT2D eigenvalue weighted by molar-refractivity contribution is 5.89. The molecule has 1 aromatic rings. The van der Waals surface area contributed by atoms with E-state index < -0.39 is 12.0 Å². The maximum atomic E-state index is 10.7. The van der Waals surface area contributed by atoms with E-state index in [1.807, 2.05) is 0 Å². The number of aryl methyl sites for hydroxylation is 1. The molecule has 0 aliphatic heterocycles. The minimum atomic E-state index is -1.02. The lowest BCUT2D eigenvalue weighted by atomic mass is 10.2. The molecule has 0 amide bonds. The molecule has 5 heteroatoms. The van der Waals surface area contributed by atoms with Crippen LogP contribution in [0, 0.1) is 19.3 Å². The number of aromatic nitrogens is 1. The summed E-state index contributed by atoms with van der Waals surface area (Å²) in [6, 6.07) is 2.43. The number of pyridine rings is 1. The number of carboxylic acids is 1. The number of aliphatic hydroxyl groups is 1. The van der Waals surface area contributed by atoms with Crippen molar-refractivity contribution in [3.05, 3.63) is 23.4 Å². The molecule has 84 valence electrons. The van der Waals surface area contributed by atoms with Crippen LogP contribution >= 0.6 is 0 Å². The zero-order valence-corrected chi connectivity index (χ0v) is 8.77. The molecule has 0 aliphatic rings. The molecule has 0 aromatic carbocycles. The largest absolute Gasteiger partial charge is 0.478 e. The van der Waals surface area contributed by atoms with E-state index in [1.54, 1.807) is 6.92 Å². The molecular weight excluding hydrogens is 208 g/mol. The number of anilines is 1. The number of carbonyl (C=O) groups is 1. The van der Waals surface area contributed by atoms with Crippen molar-refractivity contribution in [3.8, 4) is 12.3 Å². The van der Waals surface area contributed by atoms with Gasteiger partial charge in [-0.15, -0.1) is 6.42 Å². The Morgan fingerprint density at radius 3 is 2.81 bits per heavy atom. The molecule has 0 saturated carbocycles. The minimum Gasteiger partial charge on any atom is -0.478 e. The molecule has 0 radical (unpaired) electrons. The lowest BCUT2D eigenvalue weighted by molar-refractivity contribution is 0.0695. The van der Waals surface area contributed by atoms with Crippen molar-refractivity contribution in [2.45, 2.75) is 13.0 Å². The normalized spacial score (nSPS) is 11.6. The molecule has 1 rings (SSSR count). The molecule has 0 bridgehead atoms. The fourth-order valence-electron chi connectivity index (χ4n) is 1.19. The van der Waals surface area contributed by atoms with E-state index in [-0.39, 0.29) is 12.2 Å². The summed E-state index contributed by atoms with van der Waals surface area (Å²) in [7, 11) is 0. The van der Waals surface area contributed by atoms with E-state index in [2.05, 4.69) is 16.2 Å². The molecule has 1 heterocycles. The molecule has 0 saturated heterocycles. The molecule has 16 heavy (non-hydrogen) atoms. The molecule has 1 aromatic heterocycles. The SMILES string of the molecule is C#CC(CO)Nc1ccc(C(=O)O)c(C)n1. The second-order valence-electron chi connectivity index (χ2n) is 3.18. The Kier molecular flexibility index (Phi) is 3.86. The summed E-state index contributed by atoms with van der Waals surface area (Å²) in [4.78, 5) is 14.8. The molecular formula is C11H12N2O3. The van der Waals surface area contributed by atoms with Gasteiger partial charge in [0.15, 0.2) is 0 Å². The van der Waals surface area contributed by atoms with Gasteiger partial charge < -0.3 is 15.5 Å². The minimum absolute atomic E-state index is 0.145. The van der Waals surface area contributed by atoms with Crippen molar-refractivity contribution in [1.82, 2.24) is 4.98 Å². The monoisotopic (exact) mass is 220 g/mol. The smallest absolute Gasteiger partial charge is 0.337 e. The van der Waals surface area contributed by atoms with Gasteiger partial charge in [-0.25, -0.2) is 9.78 Å². The van der Waals surface area contributed by atoms with E-state index in [0.29, 0.717) is 11.5 Å². The summed E-state index contributed by atoms with van der Waals surface area (Å²) in [5.74, 6) is 1.76. The lowest BCUT2D eigenvalue weighted by Crippen LogP contribution is -2.22. The van der Waals surface area contributed by atoms with Gasteiger partial charge in [0, 0.05) is 0 Å². The van der Waals surface area contributed by atoms with Gasteiger partial charge in [-0.2, -0.15) is 0 Å². The molecule has 1 atom stereocenters. The first kappa shape index (κ1) is 12.0. The second-order valence-corrected chi connectivity index (χ2v) is 3.18. The fraction of sp³-hybridized carbons (Fsp3) is 0.273. The van der Waals surface area contributed by atoms with Crippen LogP contribution in [0.25, 0.3) is 0 Å². The van der Waals surface area contributed by atoms with Crippen LogP contribution in [0.3, 0.4) is 0 Å². The highest BCUT2D eigenvalue weighted by Gasteiger charge is 2.10. The predicted molar refractivity (Wildman–Crippen MR) is 59.3 cm³/mol. The van der Waals surface area contributed by atoms with Crippen LogP contribution < -0.4 is 5.32 Å². The van der Waals surface area contributed by atoms with E-state index >= 15 is 0 Å². The number of aliphatic hydroxyl groups excluding tert-OH is 1. The number of nitrogens with one attached hydrogen (secondary N) is 1. The molecule has 1 unspecified atom stereocenters. The first-order valence-corrected chi connectivity index (χ1v) is 4.63. The average Bonchev–Trinajstić information content (AvgIpc) is 2.25. The van der Waals surface area contributed by atoms with Gasteiger partial charge in [-0.05, 0) is 19.1 Å². The Morgan fingerprint density at radius 1 is 1.69 bits per heavy atom. The standard InChI is InChI=1S/C11H12N2O3/c1-3-8(6-14)13-10-5-4-9(11(15)16)7(2)12-10/h1,4-5,8,14H,6H2,2H3,(H,12,13)(H,15,16). The van der Waals surface area contributed by atoms with Crippen LogP contribution in [0.15, 0.2) is 12.1 Å². The van der Waals surface area contributed by atoms with Crippen molar-refractivity contribution in [1.29, 1.82) is 0 Å². The Balaban J connectivity index is 2.90. The molecule has 3 N–H and O–H groups in total. The van der Waals surface area contributed by atoms with E-state index in [1.165, 1.54) is 12.1 Å². The number of hydrogen-bond donors (Lipinski definition) is 3. The Hall–Kier alpha value is -2.06. The molecule has 0 spiro atoms. The maximum absolute atomic E-state index is 10.7. The summed E-state index contributed by atoms with van der Waals surface area (Å²) in [6.07, 6.45) is 5.15. The zero-order valence-electron chi connectivity index (χ0n) is 8.77. The summed E-state index contributed by atoms with van der Waals surface area (Å²) in [6.45, 7) is 1.39. The number of aromatic carboxylic acids is 1. The number of terminal acetylenes is 1. The fourth-order valence-corrected chi connectivity index (χ4v) is 1.19. The van der Waals surface area contributed by atoms with Crippen LogP contribution in [0.4, 0.5) is 5.82 Å². The molecule has 5 nitrogen and oxygen atoms in total. The van der Waals surface area contributed by atoms with Crippen molar-refractivity contribution < 1.29 is 15.0 Å². The van der Waals surface area contributed by atoms with Crippen molar-refractivity contribution >= 4 is 11.8 Å². The van der Waals surface area contributed by atoms with Gasteiger partial charge in [-0.1, -0.05) is 5.92 Å². The summed E-state index contributed by atoms with van der Waals surface area (Å²) < 4.78 is 0. The first-order chi connectivity index (χ1) is 7.58. The first-order valence-electron chi connectivity index (χ1n) is 4.63. The maximum Gasteiger partial charge on any atom is 0.337 e. The third kappa shape index (κ3) is 2.72. The van der Waals surface area contributed by atoms with Crippen LogP contribution in [0.2, 0.25) is 0 Å². The van der Waals surface area contributed by atoms with E-state index in [9.17, 15) is 4.79 Å². The Bertz CT molecular complexity index is 437. The quantitative estimate of drug-likeness (QED) is 0.643. The lowest BCUT2D eigenvalue weighted by Gasteiger charge is -2.11. The number of hydrogen-bond acceptors (Lipinski definition) is 4.